The van der Waals surface area contributed by atoms with Crippen LogP contribution in [-0.2, 0) is 0 Å². The van der Waals surface area contributed by atoms with Gasteiger partial charge in [0.2, 0.25) is 0 Å². The zero-order chi connectivity index (χ0) is 11.5. The molecule has 1 aliphatic heterocycles. The van der Waals surface area contributed by atoms with Crippen molar-refractivity contribution in [2.75, 3.05) is 31.6 Å². The molecule has 0 spiro atoms. The quantitative estimate of drug-likeness (QED) is 0.837. The first-order valence-corrected chi connectivity index (χ1v) is 6.16. The van der Waals surface area contributed by atoms with E-state index in [0.29, 0.717) is 0 Å². The van der Waals surface area contributed by atoms with Crippen molar-refractivity contribution in [3.8, 4) is 0 Å². The van der Waals surface area contributed by atoms with Gasteiger partial charge in [0.15, 0.2) is 0 Å². The zero-order valence-corrected chi connectivity index (χ0v) is 10.5. The van der Waals surface area contributed by atoms with Crippen molar-refractivity contribution < 1.29 is 0 Å². The number of para-hydroxylation sites is 1. The highest BCUT2D eigenvalue weighted by Gasteiger charge is 2.24. The minimum absolute atomic E-state index is 0.782. The molecule has 0 saturated carbocycles. The maximum absolute atomic E-state index is 3.47. The Balaban J connectivity index is 2.03. The molecule has 0 aromatic heterocycles. The molecule has 1 fully saturated rings. The van der Waals surface area contributed by atoms with Gasteiger partial charge in [-0.15, -0.1) is 0 Å². The maximum atomic E-state index is 3.47. The van der Waals surface area contributed by atoms with Gasteiger partial charge in [0.05, 0.1) is 0 Å². The highest BCUT2D eigenvalue weighted by Crippen LogP contribution is 2.22. The van der Waals surface area contributed by atoms with Gasteiger partial charge in [-0.2, -0.15) is 0 Å². The number of hydrogen-bond acceptors (Lipinski definition) is 2. The first-order chi connectivity index (χ1) is 7.68. The lowest BCUT2D eigenvalue weighted by Gasteiger charge is -2.26. The van der Waals surface area contributed by atoms with E-state index in [4.69, 9.17) is 0 Å². The van der Waals surface area contributed by atoms with Crippen LogP contribution >= 0.6 is 0 Å². The summed E-state index contributed by atoms with van der Waals surface area (Å²) < 4.78 is 0. The van der Waals surface area contributed by atoms with Gasteiger partial charge in [0.25, 0.3) is 0 Å². The van der Waals surface area contributed by atoms with E-state index >= 15 is 0 Å². The van der Waals surface area contributed by atoms with Crippen molar-refractivity contribution in [2.24, 2.45) is 11.8 Å². The lowest BCUT2D eigenvalue weighted by atomic mass is 9.97. The van der Waals surface area contributed by atoms with Gasteiger partial charge >= 0.3 is 0 Å². The number of aryl methyl sites for hydroxylation is 1. The van der Waals surface area contributed by atoms with Crippen molar-refractivity contribution >= 4 is 5.69 Å². The Hall–Kier alpha value is -1.02. The molecule has 2 atom stereocenters. The Morgan fingerprint density at radius 3 is 2.69 bits per heavy atom. The predicted molar refractivity (Wildman–Crippen MR) is 70.0 cm³/mol. The van der Waals surface area contributed by atoms with Crippen LogP contribution in [0, 0.1) is 18.8 Å². The van der Waals surface area contributed by atoms with Crippen LogP contribution in [-0.4, -0.2) is 26.7 Å². The molecule has 0 unspecified atom stereocenters. The Morgan fingerprint density at radius 2 is 2.06 bits per heavy atom. The third-order valence-electron chi connectivity index (χ3n) is 3.71. The minimum atomic E-state index is 0.782. The standard InChI is InChI=1S/C14H22N2/c1-11-6-4-5-7-14(11)16(3)10-13-9-15-8-12(13)2/h4-7,12-13,15H,8-10H2,1-3H3/t12-,13+/m1/s1. The van der Waals surface area contributed by atoms with E-state index in [1.54, 1.807) is 0 Å². The fourth-order valence-electron chi connectivity index (χ4n) is 2.55. The van der Waals surface area contributed by atoms with E-state index in [2.05, 4.69) is 55.4 Å². The molecule has 1 saturated heterocycles. The van der Waals surface area contributed by atoms with Crippen LogP contribution in [0.3, 0.4) is 0 Å². The first-order valence-electron chi connectivity index (χ1n) is 6.16. The first kappa shape index (κ1) is 11.5. The molecule has 2 rings (SSSR count). The molecule has 0 amide bonds. The van der Waals surface area contributed by atoms with E-state index in [9.17, 15) is 0 Å². The molecule has 0 bridgehead atoms. The fraction of sp³-hybridized carbons (Fsp3) is 0.571. The van der Waals surface area contributed by atoms with Crippen molar-refractivity contribution in [3.63, 3.8) is 0 Å². The minimum Gasteiger partial charge on any atom is -0.374 e. The van der Waals surface area contributed by atoms with Crippen LogP contribution < -0.4 is 10.2 Å². The SMILES string of the molecule is Cc1ccccc1N(C)C[C@@H]1CNC[C@H]1C. The molecule has 0 radical (unpaired) electrons. The second kappa shape index (κ2) is 4.88. The smallest absolute Gasteiger partial charge is 0.0393 e. The topological polar surface area (TPSA) is 15.3 Å². The Morgan fingerprint density at radius 1 is 1.31 bits per heavy atom. The van der Waals surface area contributed by atoms with Gasteiger partial charge in [-0.25, -0.2) is 0 Å². The summed E-state index contributed by atoms with van der Waals surface area (Å²) >= 11 is 0. The van der Waals surface area contributed by atoms with Crippen molar-refractivity contribution in [2.45, 2.75) is 13.8 Å². The van der Waals surface area contributed by atoms with Crippen LogP contribution in [0.15, 0.2) is 24.3 Å². The molecule has 1 heterocycles. The van der Waals surface area contributed by atoms with Crippen molar-refractivity contribution in [3.05, 3.63) is 29.8 Å². The molecule has 16 heavy (non-hydrogen) atoms. The number of benzene rings is 1. The Labute approximate surface area is 98.7 Å². The summed E-state index contributed by atoms with van der Waals surface area (Å²) in [5, 5.41) is 3.47. The van der Waals surface area contributed by atoms with Gasteiger partial charge in [-0.1, -0.05) is 25.1 Å². The summed E-state index contributed by atoms with van der Waals surface area (Å²) in [5.74, 6) is 1.58. The van der Waals surface area contributed by atoms with E-state index in [0.717, 1.165) is 24.9 Å². The van der Waals surface area contributed by atoms with E-state index in [1.165, 1.54) is 17.8 Å². The average Bonchev–Trinajstić information content (AvgIpc) is 2.65. The predicted octanol–water partition coefficient (Wildman–Crippen LogP) is 2.29. The largest absolute Gasteiger partial charge is 0.374 e. The number of hydrogen-bond donors (Lipinski definition) is 1. The molecular formula is C14H22N2. The lowest BCUT2D eigenvalue weighted by molar-refractivity contribution is 0.455. The zero-order valence-electron chi connectivity index (χ0n) is 10.5. The monoisotopic (exact) mass is 218 g/mol. The third kappa shape index (κ3) is 2.38. The molecular weight excluding hydrogens is 196 g/mol. The van der Waals surface area contributed by atoms with Gasteiger partial charge in [0, 0.05) is 19.3 Å². The second-order valence-corrected chi connectivity index (χ2v) is 5.06. The van der Waals surface area contributed by atoms with E-state index < -0.39 is 0 Å². The molecule has 1 aromatic carbocycles. The normalized spacial score (nSPS) is 24.7. The summed E-state index contributed by atoms with van der Waals surface area (Å²) in [4.78, 5) is 2.39. The van der Waals surface area contributed by atoms with Gasteiger partial charge in [0.1, 0.15) is 0 Å². The molecule has 2 heteroatoms. The maximum Gasteiger partial charge on any atom is 0.0393 e. The number of nitrogens with one attached hydrogen (secondary N) is 1. The van der Waals surface area contributed by atoms with Crippen LogP contribution in [0.5, 0.6) is 0 Å². The van der Waals surface area contributed by atoms with Crippen LogP contribution in [0.1, 0.15) is 12.5 Å². The van der Waals surface area contributed by atoms with Gasteiger partial charge < -0.3 is 10.2 Å². The van der Waals surface area contributed by atoms with Crippen molar-refractivity contribution in [1.82, 2.24) is 5.32 Å². The molecule has 1 aliphatic rings. The number of anilines is 1. The van der Waals surface area contributed by atoms with Gasteiger partial charge in [-0.05, 0) is 43.5 Å². The molecule has 88 valence electrons. The summed E-state index contributed by atoms with van der Waals surface area (Å²) in [6, 6.07) is 8.62. The Kier molecular flexibility index (Phi) is 3.49. The molecule has 1 N–H and O–H groups in total. The molecule has 2 nitrogen and oxygen atoms in total. The Bertz CT molecular complexity index is 348. The van der Waals surface area contributed by atoms with E-state index in [-0.39, 0.29) is 0 Å². The number of nitrogens with zero attached hydrogens (tertiary/aromatic N) is 1. The van der Waals surface area contributed by atoms with Gasteiger partial charge in [-0.3, -0.25) is 0 Å². The molecule has 1 aromatic rings. The summed E-state index contributed by atoms with van der Waals surface area (Å²) in [6.45, 7) is 8.02. The van der Waals surface area contributed by atoms with Crippen LogP contribution in [0.2, 0.25) is 0 Å². The second-order valence-electron chi connectivity index (χ2n) is 5.06. The third-order valence-corrected chi connectivity index (χ3v) is 3.71. The van der Waals surface area contributed by atoms with Crippen LogP contribution in [0.25, 0.3) is 0 Å². The highest BCUT2D eigenvalue weighted by atomic mass is 15.1. The summed E-state index contributed by atoms with van der Waals surface area (Å²) in [5.41, 5.74) is 2.73. The van der Waals surface area contributed by atoms with Crippen LogP contribution in [0.4, 0.5) is 5.69 Å². The number of rotatable bonds is 3. The highest BCUT2D eigenvalue weighted by molar-refractivity contribution is 5.52. The van der Waals surface area contributed by atoms with E-state index in [1.807, 2.05) is 0 Å². The molecule has 0 aliphatic carbocycles. The summed E-state index contributed by atoms with van der Waals surface area (Å²) in [6.07, 6.45) is 0. The fourth-order valence-corrected chi connectivity index (χ4v) is 2.55. The summed E-state index contributed by atoms with van der Waals surface area (Å²) in [7, 11) is 2.20. The van der Waals surface area contributed by atoms with Crippen molar-refractivity contribution in [1.29, 1.82) is 0 Å². The lowest BCUT2D eigenvalue weighted by Crippen LogP contribution is -2.29. The average molecular weight is 218 g/mol.